The van der Waals surface area contributed by atoms with Gasteiger partial charge in [0.2, 0.25) is 0 Å². The topological polar surface area (TPSA) is 41.6 Å². The number of carbonyl (C=O) groups excluding carboxylic acids is 1. The van der Waals surface area contributed by atoms with E-state index in [1.54, 1.807) is 7.11 Å². The number of para-hydroxylation sites is 1. The van der Waals surface area contributed by atoms with E-state index in [2.05, 4.69) is 23.2 Å². The molecule has 0 aromatic heterocycles. The van der Waals surface area contributed by atoms with Gasteiger partial charge in [-0.25, -0.2) is 0 Å². The summed E-state index contributed by atoms with van der Waals surface area (Å²) >= 11 is 0. The zero-order valence-corrected chi connectivity index (χ0v) is 15.7. The summed E-state index contributed by atoms with van der Waals surface area (Å²) in [7, 11) is 1.71. The number of likely N-dealkylation sites (tertiary alicyclic amines) is 1. The summed E-state index contributed by atoms with van der Waals surface area (Å²) in [6.45, 7) is 4.98. The van der Waals surface area contributed by atoms with E-state index < -0.39 is 0 Å². The van der Waals surface area contributed by atoms with E-state index in [-0.39, 0.29) is 11.9 Å². The lowest BCUT2D eigenvalue weighted by molar-refractivity contribution is 0.0911. The van der Waals surface area contributed by atoms with Crippen LogP contribution in [-0.2, 0) is 0 Å². The molecule has 1 aliphatic rings. The van der Waals surface area contributed by atoms with E-state index in [0.29, 0.717) is 12.1 Å². The summed E-state index contributed by atoms with van der Waals surface area (Å²) in [5, 5.41) is 3.12. The average Bonchev–Trinajstić information content (AvgIpc) is 2.70. The van der Waals surface area contributed by atoms with Crippen LogP contribution in [0.4, 0.5) is 0 Å². The van der Waals surface area contributed by atoms with Crippen molar-refractivity contribution in [1.29, 1.82) is 0 Å². The van der Waals surface area contributed by atoms with Gasteiger partial charge in [-0.05, 0) is 50.0 Å². The molecule has 1 unspecified atom stereocenters. The minimum atomic E-state index is -0.0316. The third kappa shape index (κ3) is 4.44. The van der Waals surface area contributed by atoms with Gasteiger partial charge in [0, 0.05) is 17.7 Å². The normalized spacial score (nSPS) is 16.8. The molecule has 1 N–H and O–H groups in total. The highest BCUT2D eigenvalue weighted by Crippen LogP contribution is 2.32. The van der Waals surface area contributed by atoms with E-state index in [1.165, 1.54) is 12.8 Å². The molecular formula is C22H28N2O2. The Morgan fingerprint density at radius 2 is 1.77 bits per heavy atom. The van der Waals surface area contributed by atoms with Crippen molar-refractivity contribution in [1.82, 2.24) is 10.2 Å². The zero-order valence-electron chi connectivity index (χ0n) is 15.7. The van der Waals surface area contributed by atoms with E-state index in [1.807, 2.05) is 48.5 Å². The van der Waals surface area contributed by atoms with Gasteiger partial charge in [0.15, 0.2) is 0 Å². The van der Waals surface area contributed by atoms with Gasteiger partial charge in [-0.3, -0.25) is 9.69 Å². The fourth-order valence-electron chi connectivity index (χ4n) is 3.60. The zero-order chi connectivity index (χ0) is 18.4. The van der Waals surface area contributed by atoms with Gasteiger partial charge < -0.3 is 10.1 Å². The van der Waals surface area contributed by atoms with Crippen LogP contribution >= 0.6 is 0 Å². The molecule has 0 spiro atoms. The Labute approximate surface area is 156 Å². The molecule has 1 heterocycles. The van der Waals surface area contributed by atoms with E-state index in [0.717, 1.165) is 30.3 Å². The number of ether oxygens (including phenoxy) is 1. The van der Waals surface area contributed by atoms with Crippen molar-refractivity contribution < 1.29 is 9.53 Å². The summed E-state index contributed by atoms with van der Waals surface area (Å²) in [5.74, 6) is 1.62. The summed E-state index contributed by atoms with van der Waals surface area (Å²) in [6.07, 6.45) is 2.39. The number of amides is 1. The van der Waals surface area contributed by atoms with Crippen LogP contribution in [0.25, 0.3) is 0 Å². The molecule has 4 heteroatoms. The molecule has 3 rings (SSSR count). The van der Waals surface area contributed by atoms with Crippen LogP contribution in [0.15, 0.2) is 54.6 Å². The van der Waals surface area contributed by atoms with Gasteiger partial charge in [-0.1, -0.05) is 43.3 Å². The highest BCUT2D eigenvalue weighted by Gasteiger charge is 2.27. The van der Waals surface area contributed by atoms with Crippen LogP contribution in [0.3, 0.4) is 0 Å². The summed E-state index contributed by atoms with van der Waals surface area (Å²) in [4.78, 5) is 15.0. The van der Waals surface area contributed by atoms with Gasteiger partial charge in [0.25, 0.3) is 5.91 Å². The standard InChI is InChI=1S/C22H28N2O2/c1-17-12-14-24(15-13-17)20(19-10-6-7-11-21(19)26-2)16-23-22(25)18-8-4-3-5-9-18/h3-11,17,20H,12-16H2,1-2H3,(H,23,25). The van der Waals surface area contributed by atoms with Gasteiger partial charge in [-0.2, -0.15) is 0 Å². The van der Waals surface area contributed by atoms with E-state index in [4.69, 9.17) is 4.74 Å². The second-order valence-corrected chi connectivity index (χ2v) is 7.05. The van der Waals surface area contributed by atoms with Gasteiger partial charge in [0.1, 0.15) is 5.75 Å². The highest BCUT2D eigenvalue weighted by molar-refractivity contribution is 5.94. The molecule has 2 aromatic carbocycles. The fourth-order valence-corrected chi connectivity index (χ4v) is 3.60. The quantitative estimate of drug-likeness (QED) is 0.857. The number of nitrogens with one attached hydrogen (secondary N) is 1. The fraction of sp³-hybridized carbons (Fsp3) is 0.409. The first kappa shape index (κ1) is 18.5. The molecule has 1 aliphatic heterocycles. The number of carbonyl (C=O) groups is 1. The minimum Gasteiger partial charge on any atom is -0.496 e. The lowest BCUT2D eigenvalue weighted by atomic mass is 9.95. The Bertz CT molecular complexity index is 709. The number of nitrogens with zero attached hydrogens (tertiary/aromatic N) is 1. The van der Waals surface area contributed by atoms with Crippen molar-refractivity contribution in [2.45, 2.75) is 25.8 Å². The van der Waals surface area contributed by atoms with Crippen molar-refractivity contribution >= 4 is 5.91 Å². The molecule has 1 amide bonds. The Balaban J connectivity index is 1.78. The molecule has 0 radical (unpaired) electrons. The molecule has 0 saturated carbocycles. The molecule has 0 bridgehead atoms. The molecule has 4 nitrogen and oxygen atoms in total. The number of benzene rings is 2. The summed E-state index contributed by atoms with van der Waals surface area (Å²) in [5.41, 5.74) is 1.83. The van der Waals surface area contributed by atoms with E-state index in [9.17, 15) is 4.79 Å². The maximum atomic E-state index is 12.5. The lowest BCUT2D eigenvalue weighted by Gasteiger charge is -2.37. The first-order chi connectivity index (χ1) is 12.7. The number of rotatable bonds is 6. The van der Waals surface area contributed by atoms with Crippen molar-refractivity contribution in [2.24, 2.45) is 5.92 Å². The molecule has 2 aromatic rings. The first-order valence-corrected chi connectivity index (χ1v) is 9.39. The largest absolute Gasteiger partial charge is 0.496 e. The molecule has 1 atom stereocenters. The van der Waals surface area contributed by atoms with Gasteiger partial charge in [-0.15, -0.1) is 0 Å². The van der Waals surface area contributed by atoms with Crippen molar-refractivity contribution in [2.75, 3.05) is 26.7 Å². The molecule has 1 fully saturated rings. The van der Waals surface area contributed by atoms with Crippen LogP contribution in [0, 0.1) is 5.92 Å². The monoisotopic (exact) mass is 352 g/mol. The van der Waals surface area contributed by atoms with Crippen molar-refractivity contribution in [3.8, 4) is 5.75 Å². The molecular weight excluding hydrogens is 324 g/mol. The highest BCUT2D eigenvalue weighted by atomic mass is 16.5. The lowest BCUT2D eigenvalue weighted by Crippen LogP contribution is -2.42. The van der Waals surface area contributed by atoms with Gasteiger partial charge >= 0.3 is 0 Å². The number of hydrogen-bond donors (Lipinski definition) is 1. The maximum absolute atomic E-state index is 12.5. The van der Waals surface area contributed by atoms with Gasteiger partial charge in [0.05, 0.1) is 13.2 Å². The van der Waals surface area contributed by atoms with Crippen LogP contribution in [0.1, 0.15) is 41.7 Å². The molecule has 26 heavy (non-hydrogen) atoms. The van der Waals surface area contributed by atoms with Crippen LogP contribution in [-0.4, -0.2) is 37.6 Å². The van der Waals surface area contributed by atoms with Crippen LogP contribution < -0.4 is 10.1 Å². The molecule has 0 aliphatic carbocycles. The Kier molecular flexibility index (Phi) is 6.29. The average molecular weight is 352 g/mol. The van der Waals surface area contributed by atoms with Crippen LogP contribution in [0.2, 0.25) is 0 Å². The Hall–Kier alpha value is -2.33. The number of methoxy groups -OCH3 is 1. The smallest absolute Gasteiger partial charge is 0.251 e. The van der Waals surface area contributed by atoms with Crippen molar-refractivity contribution in [3.05, 3.63) is 65.7 Å². The first-order valence-electron chi connectivity index (χ1n) is 9.39. The van der Waals surface area contributed by atoms with E-state index >= 15 is 0 Å². The van der Waals surface area contributed by atoms with Crippen molar-refractivity contribution in [3.63, 3.8) is 0 Å². The third-order valence-electron chi connectivity index (χ3n) is 5.25. The summed E-state index contributed by atoms with van der Waals surface area (Å²) in [6, 6.07) is 17.6. The molecule has 138 valence electrons. The minimum absolute atomic E-state index is 0.0316. The summed E-state index contributed by atoms with van der Waals surface area (Å²) < 4.78 is 5.59. The molecule has 1 saturated heterocycles. The predicted molar refractivity (Wildman–Crippen MR) is 104 cm³/mol. The third-order valence-corrected chi connectivity index (χ3v) is 5.25. The SMILES string of the molecule is COc1ccccc1C(CNC(=O)c1ccccc1)N1CCC(C)CC1. The predicted octanol–water partition coefficient (Wildman–Crippen LogP) is 3.90. The Morgan fingerprint density at radius 3 is 2.46 bits per heavy atom. The number of piperidine rings is 1. The second kappa shape index (κ2) is 8.86. The second-order valence-electron chi connectivity index (χ2n) is 7.05. The Morgan fingerprint density at radius 1 is 1.12 bits per heavy atom. The number of hydrogen-bond acceptors (Lipinski definition) is 3. The van der Waals surface area contributed by atoms with Crippen LogP contribution in [0.5, 0.6) is 5.75 Å². The maximum Gasteiger partial charge on any atom is 0.251 e.